The first kappa shape index (κ1) is 18.1. The maximum absolute atomic E-state index is 13.1. The number of carbonyl (C=O) groups is 3. The van der Waals surface area contributed by atoms with Crippen molar-refractivity contribution in [2.24, 2.45) is 0 Å². The fourth-order valence-electron chi connectivity index (χ4n) is 4.44. The average molecular weight is 370 g/mol. The van der Waals surface area contributed by atoms with E-state index in [-0.39, 0.29) is 29.7 Å². The standard InChI is InChI=1S/C20H26N4O3/c1-20(2)12-23(9-8-21-20)10-13-4-3-5-14-11-24(19(27)17(13)14)15-6-7-16(25)22-18(15)26/h3-5,15,21H,6-12H2,1-2H3,(H,22,25,26). The molecule has 2 fully saturated rings. The van der Waals surface area contributed by atoms with Gasteiger partial charge in [0.25, 0.3) is 5.91 Å². The van der Waals surface area contributed by atoms with Crippen LogP contribution in [-0.4, -0.2) is 58.7 Å². The smallest absolute Gasteiger partial charge is 0.255 e. The van der Waals surface area contributed by atoms with Crippen molar-refractivity contribution in [3.05, 3.63) is 34.9 Å². The Bertz CT molecular complexity index is 804. The van der Waals surface area contributed by atoms with Crippen molar-refractivity contribution in [3.8, 4) is 0 Å². The highest BCUT2D eigenvalue weighted by Gasteiger charge is 2.40. The first-order valence-corrected chi connectivity index (χ1v) is 9.57. The van der Waals surface area contributed by atoms with E-state index in [0.29, 0.717) is 13.0 Å². The fourth-order valence-corrected chi connectivity index (χ4v) is 4.44. The van der Waals surface area contributed by atoms with Gasteiger partial charge in [-0.2, -0.15) is 0 Å². The van der Waals surface area contributed by atoms with Gasteiger partial charge in [-0.05, 0) is 31.4 Å². The Labute approximate surface area is 159 Å². The minimum atomic E-state index is -0.562. The van der Waals surface area contributed by atoms with Crippen LogP contribution in [0.1, 0.15) is 48.2 Å². The second-order valence-electron chi connectivity index (χ2n) is 8.37. The molecule has 2 saturated heterocycles. The number of piperazine rings is 1. The number of piperidine rings is 1. The number of amides is 3. The molecule has 27 heavy (non-hydrogen) atoms. The Balaban J connectivity index is 1.55. The molecule has 3 amide bonds. The summed E-state index contributed by atoms with van der Waals surface area (Å²) in [6.07, 6.45) is 0.672. The van der Waals surface area contributed by atoms with Crippen molar-refractivity contribution in [2.45, 2.75) is 51.4 Å². The van der Waals surface area contributed by atoms with Crippen LogP contribution in [0.4, 0.5) is 0 Å². The molecule has 1 aromatic carbocycles. The van der Waals surface area contributed by atoms with Crippen LogP contribution in [0.2, 0.25) is 0 Å². The Kier molecular flexibility index (Phi) is 4.52. The number of nitrogens with one attached hydrogen (secondary N) is 2. The van der Waals surface area contributed by atoms with Crippen LogP contribution in [0.3, 0.4) is 0 Å². The van der Waals surface area contributed by atoms with Crippen LogP contribution in [0.25, 0.3) is 0 Å². The largest absolute Gasteiger partial charge is 0.322 e. The lowest BCUT2D eigenvalue weighted by Crippen LogP contribution is -2.56. The molecule has 0 radical (unpaired) electrons. The van der Waals surface area contributed by atoms with Gasteiger partial charge in [0, 0.05) is 50.2 Å². The quantitative estimate of drug-likeness (QED) is 0.763. The van der Waals surface area contributed by atoms with E-state index in [1.165, 1.54) is 0 Å². The lowest BCUT2D eigenvalue weighted by molar-refractivity contribution is -0.136. The zero-order valence-electron chi connectivity index (χ0n) is 15.9. The maximum Gasteiger partial charge on any atom is 0.255 e. The topological polar surface area (TPSA) is 81.8 Å². The van der Waals surface area contributed by atoms with E-state index >= 15 is 0 Å². The van der Waals surface area contributed by atoms with E-state index in [4.69, 9.17) is 0 Å². The summed E-state index contributed by atoms with van der Waals surface area (Å²) in [5.74, 6) is -0.718. The Morgan fingerprint density at radius 1 is 1.22 bits per heavy atom. The summed E-state index contributed by atoms with van der Waals surface area (Å²) in [5, 5.41) is 5.86. The second-order valence-corrected chi connectivity index (χ2v) is 8.37. The Morgan fingerprint density at radius 2 is 2.04 bits per heavy atom. The van der Waals surface area contributed by atoms with Gasteiger partial charge in [-0.25, -0.2) is 0 Å². The van der Waals surface area contributed by atoms with E-state index in [1.807, 2.05) is 18.2 Å². The van der Waals surface area contributed by atoms with Crippen molar-refractivity contribution >= 4 is 17.7 Å². The van der Waals surface area contributed by atoms with E-state index in [0.717, 1.165) is 42.9 Å². The summed E-state index contributed by atoms with van der Waals surface area (Å²) < 4.78 is 0. The molecule has 3 heterocycles. The molecule has 4 rings (SSSR count). The van der Waals surface area contributed by atoms with Gasteiger partial charge >= 0.3 is 0 Å². The van der Waals surface area contributed by atoms with Crippen LogP contribution in [0, 0.1) is 0 Å². The highest BCUT2D eigenvalue weighted by atomic mass is 16.2. The molecule has 1 unspecified atom stereocenters. The molecule has 2 N–H and O–H groups in total. The lowest BCUT2D eigenvalue weighted by Gasteiger charge is -2.39. The molecular formula is C20H26N4O3. The zero-order valence-corrected chi connectivity index (χ0v) is 15.9. The molecule has 0 spiro atoms. The van der Waals surface area contributed by atoms with Gasteiger partial charge in [0.05, 0.1) is 0 Å². The summed E-state index contributed by atoms with van der Waals surface area (Å²) in [6, 6.07) is 5.40. The zero-order chi connectivity index (χ0) is 19.2. The normalized spacial score (nSPS) is 25.5. The number of fused-ring (bicyclic) bond motifs is 1. The van der Waals surface area contributed by atoms with Crippen molar-refractivity contribution in [1.82, 2.24) is 20.4 Å². The van der Waals surface area contributed by atoms with Crippen LogP contribution in [0.5, 0.6) is 0 Å². The van der Waals surface area contributed by atoms with Crippen LogP contribution < -0.4 is 10.6 Å². The van der Waals surface area contributed by atoms with Crippen LogP contribution in [-0.2, 0) is 22.7 Å². The third kappa shape index (κ3) is 3.49. The molecule has 0 saturated carbocycles. The van der Waals surface area contributed by atoms with E-state index < -0.39 is 6.04 Å². The van der Waals surface area contributed by atoms with Crippen molar-refractivity contribution < 1.29 is 14.4 Å². The number of hydrogen-bond donors (Lipinski definition) is 2. The molecule has 1 atom stereocenters. The predicted octanol–water partition coefficient (Wildman–Crippen LogP) is 0.631. The third-order valence-electron chi connectivity index (χ3n) is 5.68. The second kappa shape index (κ2) is 6.73. The Morgan fingerprint density at radius 3 is 2.78 bits per heavy atom. The summed E-state index contributed by atoms with van der Waals surface area (Å²) >= 11 is 0. The first-order chi connectivity index (χ1) is 12.8. The van der Waals surface area contributed by atoms with Gasteiger partial charge in [-0.1, -0.05) is 18.2 Å². The average Bonchev–Trinajstić information content (AvgIpc) is 2.92. The first-order valence-electron chi connectivity index (χ1n) is 9.57. The van der Waals surface area contributed by atoms with Gasteiger partial charge in [-0.3, -0.25) is 24.6 Å². The monoisotopic (exact) mass is 370 g/mol. The molecule has 0 aliphatic carbocycles. The molecule has 7 heteroatoms. The third-order valence-corrected chi connectivity index (χ3v) is 5.68. The SMILES string of the molecule is CC1(C)CN(Cc2cccc3c2C(=O)N(C2CCC(=O)NC2=O)C3)CCN1. The van der Waals surface area contributed by atoms with Crippen molar-refractivity contribution in [1.29, 1.82) is 0 Å². The molecular weight excluding hydrogens is 344 g/mol. The van der Waals surface area contributed by atoms with Gasteiger partial charge in [0.1, 0.15) is 6.04 Å². The number of nitrogens with zero attached hydrogens (tertiary/aromatic N) is 2. The highest BCUT2D eigenvalue weighted by Crippen LogP contribution is 2.30. The summed E-state index contributed by atoms with van der Waals surface area (Å²) in [6.45, 7) is 8.32. The minimum Gasteiger partial charge on any atom is -0.322 e. The molecule has 1 aromatic rings. The summed E-state index contributed by atoms with van der Waals surface area (Å²) in [5.41, 5.74) is 2.78. The predicted molar refractivity (Wildman–Crippen MR) is 99.8 cm³/mol. The van der Waals surface area contributed by atoms with Gasteiger partial charge < -0.3 is 10.2 Å². The highest BCUT2D eigenvalue weighted by molar-refractivity contribution is 6.05. The van der Waals surface area contributed by atoms with E-state index in [9.17, 15) is 14.4 Å². The minimum absolute atomic E-state index is 0.0545. The fraction of sp³-hybridized carbons (Fsp3) is 0.550. The maximum atomic E-state index is 13.1. The van der Waals surface area contributed by atoms with E-state index in [2.05, 4.69) is 29.4 Å². The number of carbonyl (C=O) groups excluding carboxylic acids is 3. The van der Waals surface area contributed by atoms with E-state index in [1.54, 1.807) is 4.90 Å². The van der Waals surface area contributed by atoms with Gasteiger partial charge in [0.15, 0.2) is 0 Å². The number of hydrogen-bond acceptors (Lipinski definition) is 5. The molecule has 3 aliphatic rings. The number of benzene rings is 1. The number of rotatable bonds is 3. The Hall–Kier alpha value is -2.25. The van der Waals surface area contributed by atoms with Crippen LogP contribution >= 0.6 is 0 Å². The lowest BCUT2D eigenvalue weighted by atomic mass is 9.99. The van der Waals surface area contributed by atoms with Crippen molar-refractivity contribution in [2.75, 3.05) is 19.6 Å². The molecule has 0 aromatic heterocycles. The molecule has 144 valence electrons. The van der Waals surface area contributed by atoms with Crippen LogP contribution in [0.15, 0.2) is 18.2 Å². The molecule has 3 aliphatic heterocycles. The molecule has 7 nitrogen and oxygen atoms in total. The molecule has 0 bridgehead atoms. The summed E-state index contributed by atoms with van der Waals surface area (Å²) in [4.78, 5) is 40.8. The number of imide groups is 1. The summed E-state index contributed by atoms with van der Waals surface area (Å²) in [7, 11) is 0. The van der Waals surface area contributed by atoms with Gasteiger partial charge in [-0.15, -0.1) is 0 Å². The van der Waals surface area contributed by atoms with Gasteiger partial charge in [0.2, 0.25) is 11.8 Å². The van der Waals surface area contributed by atoms with Crippen molar-refractivity contribution in [3.63, 3.8) is 0 Å².